The Morgan fingerprint density at radius 2 is 2.22 bits per heavy atom. The third-order valence-electron chi connectivity index (χ3n) is 4.53. The van der Waals surface area contributed by atoms with Gasteiger partial charge in [0.1, 0.15) is 0 Å². The molecule has 2 aliphatic heterocycles. The highest BCUT2D eigenvalue weighted by Gasteiger charge is 2.39. The first-order valence-electron chi connectivity index (χ1n) is 7.46. The van der Waals surface area contributed by atoms with Crippen LogP contribution in [0.25, 0.3) is 0 Å². The SMILES string of the molecule is CCCN1c2c(CC)cccc2C2CNCCC21. The van der Waals surface area contributed by atoms with Crippen LogP contribution in [-0.2, 0) is 6.42 Å². The van der Waals surface area contributed by atoms with Crippen molar-refractivity contribution < 1.29 is 0 Å². The first-order chi connectivity index (χ1) is 8.86. The molecule has 1 fully saturated rings. The number of hydrogen-bond acceptors (Lipinski definition) is 2. The predicted molar refractivity (Wildman–Crippen MR) is 77.5 cm³/mol. The number of hydrogen-bond donors (Lipinski definition) is 1. The summed E-state index contributed by atoms with van der Waals surface area (Å²) < 4.78 is 0. The molecule has 0 bridgehead atoms. The number of aryl methyl sites for hydroxylation is 1. The van der Waals surface area contributed by atoms with Crippen molar-refractivity contribution in [2.24, 2.45) is 0 Å². The molecule has 1 aromatic carbocycles. The van der Waals surface area contributed by atoms with Crippen molar-refractivity contribution in [1.29, 1.82) is 0 Å². The Labute approximate surface area is 110 Å². The molecule has 2 atom stereocenters. The fraction of sp³-hybridized carbons (Fsp3) is 0.625. The molecule has 0 spiro atoms. The van der Waals surface area contributed by atoms with Crippen molar-refractivity contribution in [3.63, 3.8) is 0 Å². The van der Waals surface area contributed by atoms with Crippen molar-refractivity contribution >= 4 is 5.69 Å². The summed E-state index contributed by atoms with van der Waals surface area (Å²) in [6, 6.07) is 7.66. The highest BCUT2D eigenvalue weighted by molar-refractivity contribution is 5.67. The van der Waals surface area contributed by atoms with Crippen LogP contribution in [0.3, 0.4) is 0 Å². The van der Waals surface area contributed by atoms with Crippen molar-refractivity contribution in [1.82, 2.24) is 5.32 Å². The van der Waals surface area contributed by atoms with Crippen molar-refractivity contribution in [3.05, 3.63) is 29.3 Å². The van der Waals surface area contributed by atoms with Crippen LogP contribution in [0.4, 0.5) is 5.69 Å². The lowest BCUT2D eigenvalue weighted by Crippen LogP contribution is -2.44. The molecule has 0 aromatic heterocycles. The van der Waals surface area contributed by atoms with Gasteiger partial charge in [-0.1, -0.05) is 32.0 Å². The zero-order valence-electron chi connectivity index (χ0n) is 11.6. The Balaban J connectivity index is 2.06. The summed E-state index contributed by atoms with van der Waals surface area (Å²) in [4.78, 5) is 2.71. The molecule has 98 valence electrons. The van der Waals surface area contributed by atoms with Gasteiger partial charge < -0.3 is 10.2 Å². The van der Waals surface area contributed by atoms with Crippen LogP contribution in [-0.4, -0.2) is 25.7 Å². The second-order valence-electron chi connectivity index (χ2n) is 5.57. The van der Waals surface area contributed by atoms with E-state index in [0.717, 1.165) is 19.0 Å². The normalized spacial score (nSPS) is 26.0. The highest BCUT2D eigenvalue weighted by Crippen LogP contribution is 2.45. The van der Waals surface area contributed by atoms with E-state index in [9.17, 15) is 0 Å². The quantitative estimate of drug-likeness (QED) is 0.879. The molecule has 0 saturated carbocycles. The highest BCUT2D eigenvalue weighted by atomic mass is 15.2. The van der Waals surface area contributed by atoms with Crippen LogP contribution in [0.15, 0.2) is 18.2 Å². The van der Waals surface area contributed by atoms with Gasteiger partial charge in [-0.05, 0) is 36.9 Å². The molecular formula is C16H24N2. The van der Waals surface area contributed by atoms with Crippen LogP contribution < -0.4 is 10.2 Å². The molecule has 0 aliphatic carbocycles. The standard InChI is InChI=1S/C16H24N2/c1-3-10-18-15-8-9-17-11-14(15)13-7-5-6-12(4-2)16(13)18/h5-7,14-15,17H,3-4,8-11H2,1-2H3. The van der Waals surface area contributed by atoms with Crippen molar-refractivity contribution in [3.8, 4) is 0 Å². The lowest BCUT2D eigenvalue weighted by atomic mass is 9.89. The van der Waals surface area contributed by atoms with Gasteiger partial charge >= 0.3 is 0 Å². The molecule has 18 heavy (non-hydrogen) atoms. The van der Waals surface area contributed by atoms with E-state index in [2.05, 4.69) is 42.3 Å². The molecule has 2 heterocycles. The summed E-state index contributed by atoms with van der Waals surface area (Å²) in [5, 5.41) is 3.57. The lowest BCUT2D eigenvalue weighted by molar-refractivity contribution is 0.402. The average molecular weight is 244 g/mol. The van der Waals surface area contributed by atoms with E-state index >= 15 is 0 Å². The zero-order valence-corrected chi connectivity index (χ0v) is 11.6. The first kappa shape index (κ1) is 12.0. The van der Waals surface area contributed by atoms with Gasteiger partial charge in [-0.15, -0.1) is 0 Å². The van der Waals surface area contributed by atoms with Gasteiger partial charge in [-0.3, -0.25) is 0 Å². The number of fused-ring (bicyclic) bond motifs is 3. The Bertz CT molecular complexity index is 427. The van der Waals surface area contributed by atoms with E-state index < -0.39 is 0 Å². The maximum Gasteiger partial charge on any atom is 0.0438 e. The molecule has 2 heteroatoms. The minimum Gasteiger partial charge on any atom is -0.367 e. The van der Waals surface area contributed by atoms with Gasteiger partial charge in [-0.25, -0.2) is 0 Å². The molecule has 1 saturated heterocycles. The molecule has 0 radical (unpaired) electrons. The summed E-state index contributed by atoms with van der Waals surface area (Å²) in [6.07, 6.45) is 3.69. The summed E-state index contributed by atoms with van der Waals surface area (Å²) in [5.74, 6) is 0.715. The average Bonchev–Trinajstić information content (AvgIpc) is 2.74. The van der Waals surface area contributed by atoms with Crippen molar-refractivity contribution in [2.75, 3.05) is 24.5 Å². The van der Waals surface area contributed by atoms with Crippen LogP contribution in [0.1, 0.15) is 43.7 Å². The van der Waals surface area contributed by atoms with E-state index in [1.807, 2.05) is 0 Å². The second-order valence-corrected chi connectivity index (χ2v) is 5.57. The van der Waals surface area contributed by atoms with E-state index in [4.69, 9.17) is 0 Å². The number of benzene rings is 1. The number of nitrogens with one attached hydrogen (secondary N) is 1. The van der Waals surface area contributed by atoms with Gasteiger partial charge in [0, 0.05) is 30.7 Å². The van der Waals surface area contributed by atoms with Crippen LogP contribution in [0.2, 0.25) is 0 Å². The fourth-order valence-electron chi connectivity index (χ4n) is 3.77. The van der Waals surface area contributed by atoms with Gasteiger partial charge in [0.05, 0.1) is 0 Å². The summed E-state index contributed by atoms with van der Waals surface area (Å²) in [6.45, 7) is 8.12. The Morgan fingerprint density at radius 3 is 3.00 bits per heavy atom. The molecule has 1 aromatic rings. The number of anilines is 1. The Morgan fingerprint density at radius 1 is 1.33 bits per heavy atom. The summed E-state index contributed by atoms with van der Waals surface area (Å²) in [5.41, 5.74) is 4.70. The number of nitrogens with zero attached hydrogens (tertiary/aromatic N) is 1. The second kappa shape index (κ2) is 4.93. The predicted octanol–water partition coefficient (Wildman–Crippen LogP) is 2.92. The number of piperidine rings is 1. The van der Waals surface area contributed by atoms with Crippen molar-refractivity contribution in [2.45, 2.75) is 45.1 Å². The third-order valence-corrected chi connectivity index (χ3v) is 4.53. The van der Waals surface area contributed by atoms with E-state index in [1.165, 1.54) is 31.5 Å². The van der Waals surface area contributed by atoms with E-state index in [0.29, 0.717) is 5.92 Å². The van der Waals surface area contributed by atoms with Crippen LogP contribution in [0, 0.1) is 0 Å². The van der Waals surface area contributed by atoms with Crippen LogP contribution >= 0.6 is 0 Å². The van der Waals surface area contributed by atoms with Gasteiger partial charge in [-0.2, -0.15) is 0 Å². The fourth-order valence-corrected chi connectivity index (χ4v) is 3.77. The minimum absolute atomic E-state index is 0.715. The molecule has 3 rings (SSSR count). The van der Waals surface area contributed by atoms with Gasteiger partial charge in [0.2, 0.25) is 0 Å². The largest absolute Gasteiger partial charge is 0.367 e. The number of rotatable bonds is 3. The summed E-state index contributed by atoms with van der Waals surface area (Å²) in [7, 11) is 0. The topological polar surface area (TPSA) is 15.3 Å². The molecule has 0 amide bonds. The van der Waals surface area contributed by atoms with Gasteiger partial charge in [0.25, 0.3) is 0 Å². The Kier molecular flexibility index (Phi) is 3.29. The maximum atomic E-state index is 3.57. The molecular weight excluding hydrogens is 220 g/mol. The molecule has 2 unspecified atom stereocenters. The third kappa shape index (κ3) is 1.74. The minimum atomic E-state index is 0.715. The monoisotopic (exact) mass is 244 g/mol. The number of para-hydroxylation sites is 1. The molecule has 1 N–H and O–H groups in total. The first-order valence-corrected chi connectivity index (χ1v) is 7.46. The maximum absolute atomic E-state index is 3.57. The summed E-state index contributed by atoms with van der Waals surface area (Å²) >= 11 is 0. The smallest absolute Gasteiger partial charge is 0.0438 e. The van der Waals surface area contributed by atoms with Crippen LogP contribution in [0.5, 0.6) is 0 Å². The molecule has 2 aliphatic rings. The zero-order chi connectivity index (χ0) is 12.5. The van der Waals surface area contributed by atoms with E-state index in [-0.39, 0.29) is 0 Å². The van der Waals surface area contributed by atoms with E-state index in [1.54, 1.807) is 11.3 Å². The Hall–Kier alpha value is -1.02. The molecule has 2 nitrogen and oxygen atoms in total. The lowest BCUT2D eigenvalue weighted by Gasteiger charge is -2.34. The van der Waals surface area contributed by atoms with Gasteiger partial charge in [0.15, 0.2) is 0 Å².